The van der Waals surface area contributed by atoms with Gasteiger partial charge in [-0.25, -0.2) is 4.79 Å². The Morgan fingerprint density at radius 1 is 1.54 bits per heavy atom. The van der Waals surface area contributed by atoms with Gasteiger partial charge in [0.2, 0.25) is 0 Å². The zero-order valence-corrected chi connectivity index (χ0v) is 6.90. The molecular weight excluding hydrogens is 168 g/mol. The number of nitrogens with one attached hydrogen (secondary N) is 1. The zero-order chi connectivity index (χ0) is 9.42. The van der Waals surface area contributed by atoms with Crippen molar-refractivity contribution in [2.45, 2.75) is 6.04 Å². The SMILES string of the molecule is NC1=CC2NC(C(=O)O)=CC2C=C1. The lowest BCUT2D eigenvalue weighted by molar-refractivity contribution is -0.133. The number of aliphatic carboxylic acids is 1. The molecule has 2 rings (SSSR count). The molecule has 4 nitrogen and oxygen atoms in total. The third-order valence-electron chi connectivity index (χ3n) is 2.21. The van der Waals surface area contributed by atoms with Crippen LogP contribution in [-0.4, -0.2) is 17.1 Å². The number of hydrogen-bond acceptors (Lipinski definition) is 3. The van der Waals surface area contributed by atoms with Crippen LogP contribution in [0.5, 0.6) is 0 Å². The summed E-state index contributed by atoms with van der Waals surface area (Å²) >= 11 is 0. The molecule has 2 unspecified atom stereocenters. The van der Waals surface area contributed by atoms with Gasteiger partial charge in [-0.2, -0.15) is 0 Å². The van der Waals surface area contributed by atoms with Crippen molar-refractivity contribution in [1.82, 2.24) is 5.32 Å². The maximum Gasteiger partial charge on any atom is 0.351 e. The number of nitrogens with two attached hydrogens (primary N) is 1. The van der Waals surface area contributed by atoms with Crippen LogP contribution in [0, 0.1) is 5.92 Å². The van der Waals surface area contributed by atoms with E-state index in [1.807, 2.05) is 12.2 Å². The smallest absolute Gasteiger partial charge is 0.351 e. The second-order valence-electron chi connectivity index (χ2n) is 3.16. The van der Waals surface area contributed by atoms with Gasteiger partial charge in [-0.15, -0.1) is 0 Å². The summed E-state index contributed by atoms with van der Waals surface area (Å²) in [6.45, 7) is 0. The van der Waals surface area contributed by atoms with Crippen molar-refractivity contribution in [3.05, 3.63) is 35.7 Å². The van der Waals surface area contributed by atoms with Gasteiger partial charge in [0.1, 0.15) is 5.70 Å². The molecule has 68 valence electrons. The van der Waals surface area contributed by atoms with Gasteiger partial charge >= 0.3 is 5.97 Å². The lowest BCUT2D eigenvalue weighted by atomic mass is 9.96. The lowest BCUT2D eigenvalue weighted by Crippen LogP contribution is -2.30. The first-order chi connectivity index (χ1) is 6.16. The molecule has 0 spiro atoms. The van der Waals surface area contributed by atoms with Gasteiger partial charge in [0.15, 0.2) is 0 Å². The first kappa shape index (κ1) is 7.91. The van der Waals surface area contributed by atoms with Crippen molar-refractivity contribution in [3.8, 4) is 0 Å². The number of carbonyl (C=O) groups is 1. The predicted octanol–water partition coefficient (Wildman–Crippen LogP) is -0.0447. The van der Waals surface area contributed by atoms with Crippen molar-refractivity contribution < 1.29 is 9.90 Å². The fraction of sp³-hybridized carbons (Fsp3) is 0.222. The van der Waals surface area contributed by atoms with Crippen molar-refractivity contribution in [2.24, 2.45) is 11.7 Å². The van der Waals surface area contributed by atoms with E-state index in [2.05, 4.69) is 5.32 Å². The van der Waals surface area contributed by atoms with Crippen molar-refractivity contribution >= 4 is 5.97 Å². The fourth-order valence-corrected chi connectivity index (χ4v) is 1.57. The highest BCUT2D eigenvalue weighted by Crippen LogP contribution is 2.23. The Morgan fingerprint density at radius 2 is 2.31 bits per heavy atom. The second kappa shape index (κ2) is 2.65. The summed E-state index contributed by atoms with van der Waals surface area (Å²) in [6, 6.07) is 0.0103. The van der Waals surface area contributed by atoms with Gasteiger partial charge < -0.3 is 16.2 Å². The monoisotopic (exact) mass is 178 g/mol. The second-order valence-corrected chi connectivity index (χ2v) is 3.16. The summed E-state index contributed by atoms with van der Waals surface area (Å²) in [5.41, 5.74) is 6.51. The Labute approximate surface area is 75.4 Å². The van der Waals surface area contributed by atoms with E-state index < -0.39 is 5.97 Å². The third kappa shape index (κ3) is 1.30. The molecule has 4 N–H and O–H groups in total. The third-order valence-corrected chi connectivity index (χ3v) is 2.21. The van der Waals surface area contributed by atoms with Gasteiger partial charge in [-0.3, -0.25) is 0 Å². The summed E-state index contributed by atoms with van der Waals surface area (Å²) < 4.78 is 0. The van der Waals surface area contributed by atoms with Crippen LogP contribution in [0.3, 0.4) is 0 Å². The topological polar surface area (TPSA) is 75.3 Å². The zero-order valence-electron chi connectivity index (χ0n) is 6.90. The van der Waals surface area contributed by atoms with Crippen LogP contribution in [0.2, 0.25) is 0 Å². The summed E-state index contributed by atoms with van der Waals surface area (Å²) in [7, 11) is 0. The van der Waals surface area contributed by atoms with Crippen molar-refractivity contribution in [1.29, 1.82) is 0 Å². The van der Waals surface area contributed by atoms with Gasteiger partial charge in [0.05, 0.1) is 6.04 Å². The summed E-state index contributed by atoms with van der Waals surface area (Å²) in [4.78, 5) is 10.6. The summed E-state index contributed by atoms with van der Waals surface area (Å²) in [5.74, 6) is -0.798. The van der Waals surface area contributed by atoms with E-state index in [0.717, 1.165) is 0 Å². The molecule has 13 heavy (non-hydrogen) atoms. The highest BCUT2D eigenvalue weighted by Gasteiger charge is 2.28. The molecule has 0 aromatic heterocycles. The Kier molecular flexibility index (Phi) is 1.62. The molecule has 0 amide bonds. The Hall–Kier alpha value is -1.71. The molecule has 0 aromatic carbocycles. The van der Waals surface area contributed by atoms with Crippen LogP contribution in [-0.2, 0) is 4.79 Å². The highest BCUT2D eigenvalue weighted by atomic mass is 16.4. The number of rotatable bonds is 1. The van der Waals surface area contributed by atoms with E-state index >= 15 is 0 Å². The maximum absolute atomic E-state index is 10.6. The van der Waals surface area contributed by atoms with Gasteiger partial charge in [0, 0.05) is 11.6 Å². The molecule has 4 heteroatoms. The highest BCUT2D eigenvalue weighted by molar-refractivity contribution is 5.86. The minimum Gasteiger partial charge on any atom is -0.477 e. The van der Waals surface area contributed by atoms with Crippen LogP contribution < -0.4 is 11.1 Å². The number of hydrogen-bond donors (Lipinski definition) is 3. The first-order valence-corrected chi connectivity index (χ1v) is 4.04. The van der Waals surface area contributed by atoms with Crippen molar-refractivity contribution in [3.63, 3.8) is 0 Å². The number of fused-ring (bicyclic) bond motifs is 1. The van der Waals surface area contributed by atoms with Gasteiger partial charge in [-0.1, -0.05) is 6.08 Å². The lowest BCUT2D eigenvalue weighted by Gasteiger charge is -2.17. The standard InChI is InChI=1S/C9H10N2O2/c10-6-2-1-5-3-8(9(12)13)11-7(5)4-6/h1-5,7,11H,10H2,(H,12,13). The summed E-state index contributed by atoms with van der Waals surface area (Å²) in [5, 5.41) is 11.6. The van der Waals surface area contributed by atoms with E-state index in [-0.39, 0.29) is 17.7 Å². The van der Waals surface area contributed by atoms with Gasteiger partial charge in [0.25, 0.3) is 0 Å². The molecule has 1 heterocycles. The average Bonchev–Trinajstić information content (AvgIpc) is 2.46. The van der Waals surface area contributed by atoms with Crippen molar-refractivity contribution in [2.75, 3.05) is 0 Å². The quantitative estimate of drug-likeness (QED) is 0.526. The molecule has 0 saturated carbocycles. The average molecular weight is 178 g/mol. The van der Waals surface area contributed by atoms with E-state index in [1.165, 1.54) is 0 Å². The molecule has 0 aromatic rings. The molecule has 2 atom stereocenters. The van der Waals surface area contributed by atoms with Crippen LogP contribution in [0.4, 0.5) is 0 Å². The van der Waals surface area contributed by atoms with Crippen LogP contribution in [0.15, 0.2) is 35.7 Å². The van der Waals surface area contributed by atoms with Crippen LogP contribution >= 0.6 is 0 Å². The largest absolute Gasteiger partial charge is 0.477 e. The molecule has 1 aliphatic carbocycles. The van der Waals surface area contributed by atoms with E-state index in [4.69, 9.17) is 10.8 Å². The van der Waals surface area contributed by atoms with E-state index in [0.29, 0.717) is 5.70 Å². The van der Waals surface area contributed by atoms with E-state index in [9.17, 15) is 4.79 Å². The molecule has 0 radical (unpaired) electrons. The molecular formula is C9H10N2O2. The minimum atomic E-state index is -0.922. The van der Waals surface area contributed by atoms with Crippen LogP contribution in [0.1, 0.15) is 0 Å². The van der Waals surface area contributed by atoms with Crippen LogP contribution in [0.25, 0.3) is 0 Å². The normalized spacial score (nSPS) is 30.2. The number of carboxylic acids is 1. The minimum absolute atomic E-state index is 0.0103. The van der Waals surface area contributed by atoms with Gasteiger partial charge in [-0.05, 0) is 18.2 Å². The summed E-state index contributed by atoms with van der Waals surface area (Å²) in [6.07, 6.45) is 7.23. The maximum atomic E-state index is 10.6. The predicted molar refractivity (Wildman–Crippen MR) is 47.5 cm³/mol. The molecule has 0 fully saturated rings. The number of carboxylic acid groups (broad SMARTS) is 1. The number of allylic oxidation sites excluding steroid dienone is 1. The Balaban J connectivity index is 2.22. The molecule has 0 saturated heterocycles. The molecule has 2 aliphatic rings. The first-order valence-electron chi connectivity index (χ1n) is 4.04. The molecule has 0 bridgehead atoms. The molecule has 1 aliphatic heterocycles. The van der Waals surface area contributed by atoms with E-state index in [1.54, 1.807) is 12.2 Å². The Morgan fingerprint density at radius 3 is 3.00 bits per heavy atom. The fourth-order valence-electron chi connectivity index (χ4n) is 1.57. The Bertz CT molecular complexity index is 342.